The van der Waals surface area contributed by atoms with E-state index in [2.05, 4.69) is 0 Å². The Morgan fingerprint density at radius 3 is 2.80 bits per heavy atom. The lowest BCUT2D eigenvalue weighted by molar-refractivity contribution is 0.0428. The quantitative estimate of drug-likeness (QED) is 0.841. The van der Waals surface area contributed by atoms with E-state index in [0.29, 0.717) is 13.2 Å². The fraction of sp³-hybridized carbons (Fsp3) is 0.417. The summed E-state index contributed by atoms with van der Waals surface area (Å²) in [4.78, 5) is 11.7. The highest BCUT2D eigenvalue weighted by Crippen LogP contribution is 2.20. The second-order valence-electron chi connectivity index (χ2n) is 4.55. The minimum atomic E-state index is -3.92. The zero-order valence-electron chi connectivity index (χ0n) is 10.5. The lowest BCUT2D eigenvalue weighted by Crippen LogP contribution is -2.16. The predicted octanol–water partition coefficient (Wildman–Crippen LogP) is 1.18. The number of sulfonamides is 1. The smallest absolute Gasteiger partial charge is 0.338 e. The summed E-state index contributed by atoms with van der Waals surface area (Å²) in [6, 6.07) is 3.66. The van der Waals surface area contributed by atoms with Gasteiger partial charge in [-0.3, -0.25) is 0 Å². The molecule has 0 aromatic heterocycles. The number of benzene rings is 1. The molecule has 110 valence electrons. The minimum Gasteiger partial charge on any atom is -0.462 e. The van der Waals surface area contributed by atoms with Crippen molar-refractivity contribution < 1.29 is 22.7 Å². The molecule has 6 nitrogen and oxygen atoms in total. The molecule has 1 aliphatic heterocycles. The predicted molar refractivity (Wildman–Crippen MR) is 72.0 cm³/mol. The van der Waals surface area contributed by atoms with Gasteiger partial charge in [0.25, 0.3) is 0 Å². The average Bonchev–Trinajstić information content (AvgIpc) is 2.87. The molecule has 1 heterocycles. The fourth-order valence-electron chi connectivity index (χ4n) is 1.84. The molecule has 1 atom stereocenters. The van der Waals surface area contributed by atoms with Crippen LogP contribution in [0.5, 0.6) is 0 Å². The lowest BCUT2D eigenvalue weighted by atomic mass is 10.1. The van der Waals surface area contributed by atoms with Crippen molar-refractivity contribution in [2.45, 2.75) is 11.3 Å². The lowest BCUT2D eigenvalue weighted by Gasteiger charge is -2.10. The van der Waals surface area contributed by atoms with Crippen LogP contribution in [-0.4, -0.2) is 34.2 Å². The van der Waals surface area contributed by atoms with Gasteiger partial charge in [0.05, 0.1) is 23.7 Å². The van der Waals surface area contributed by atoms with Crippen molar-refractivity contribution >= 4 is 27.6 Å². The van der Waals surface area contributed by atoms with Crippen LogP contribution in [0.2, 0.25) is 5.02 Å². The Hall–Kier alpha value is -1.15. The highest BCUT2D eigenvalue weighted by atomic mass is 35.5. The van der Waals surface area contributed by atoms with E-state index >= 15 is 0 Å². The van der Waals surface area contributed by atoms with Crippen molar-refractivity contribution in [2.24, 2.45) is 11.1 Å². The third-order valence-corrected chi connectivity index (χ3v) is 4.02. The van der Waals surface area contributed by atoms with Crippen LogP contribution in [0.3, 0.4) is 0 Å². The van der Waals surface area contributed by atoms with Crippen LogP contribution in [0, 0.1) is 5.92 Å². The van der Waals surface area contributed by atoms with E-state index in [1.54, 1.807) is 0 Å². The molecule has 8 heteroatoms. The Balaban J connectivity index is 2.11. The molecule has 1 fully saturated rings. The van der Waals surface area contributed by atoms with Gasteiger partial charge in [-0.2, -0.15) is 0 Å². The summed E-state index contributed by atoms with van der Waals surface area (Å²) >= 11 is 5.78. The normalized spacial score (nSPS) is 19.0. The molecule has 1 aromatic rings. The summed E-state index contributed by atoms with van der Waals surface area (Å²) in [5.74, 6) is -0.458. The summed E-state index contributed by atoms with van der Waals surface area (Å²) in [6.07, 6.45) is 0.839. The summed E-state index contributed by atoms with van der Waals surface area (Å²) in [7, 11) is -3.92. The van der Waals surface area contributed by atoms with Crippen LogP contribution in [0.25, 0.3) is 0 Å². The highest BCUT2D eigenvalue weighted by Gasteiger charge is 2.19. The van der Waals surface area contributed by atoms with Gasteiger partial charge in [-0.25, -0.2) is 18.4 Å². The molecule has 0 aliphatic carbocycles. The first-order valence-corrected chi connectivity index (χ1v) is 7.87. The number of halogens is 1. The van der Waals surface area contributed by atoms with Crippen LogP contribution in [-0.2, 0) is 19.5 Å². The number of primary sulfonamides is 1. The summed E-state index contributed by atoms with van der Waals surface area (Å²) in [6.45, 7) is 1.45. The van der Waals surface area contributed by atoms with E-state index in [1.807, 2.05) is 0 Å². The zero-order chi connectivity index (χ0) is 14.8. The number of carbonyl (C=O) groups is 1. The molecule has 0 bridgehead atoms. The Morgan fingerprint density at radius 1 is 1.45 bits per heavy atom. The van der Waals surface area contributed by atoms with Crippen LogP contribution >= 0.6 is 11.6 Å². The Bertz CT molecular complexity index is 610. The third-order valence-electron chi connectivity index (χ3n) is 2.91. The van der Waals surface area contributed by atoms with Gasteiger partial charge in [0.1, 0.15) is 0 Å². The van der Waals surface area contributed by atoms with Gasteiger partial charge in [0, 0.05) is 17.5 Å². The molecule has 0 amide bonds. The molecular formula is C12H14ClNO5S. The molecule has 1 saturated heterocycles. The number of rotatable bonds is 4. The SMILES string of the molecule is NS(=O)(=O)c1cc(Cl)cc(C(=O)OCC2CCOC2)c1. The number of ether oxygens (including phenoxy) is 2. The van der Waals surface area contributed by atoms with Gasteiger partial charge in [-0.15, -0.1) is 0 Å². The number of hydrogen-bond donors (Lipinski definition) is 1. The molecular weight excluding hydrogens is 306 g/mol. The van der Waals surface area contributed by atoms with Crippen molar-refractivity contribution in [3.05, 3.63) is 28.8 Å². The van der Waals surface area contributed by atoms with E-state index < -0.39 is 16.0 Å². The van der Waals surface area contributed by atoms with Gasteiger partial charge < -0.3 is 9.47 Å². The maximum Gasteiger partial charge on any atom is 0.338 e. The Kier molecular flexibility index (Phi) is 4.64. The number of nitrogens with two attached hydrogens (primary N) is 1. The van der Waals surface area contributed by atoms with Crippen LogP contribution in [0.4, 0.5) is 0 Å². The van der Waals surface area contributed by atoms with Crippen molar-refractivity contribution in [1.29, 1.82) is 0 Å². The van der Waals surface area contributed by atoms with Crippen LogP contribution in [0.15, 0.2) is 23.1 Å². The van der Waals surface area contributed by atoms with Crippen molar-refractivity contribution in [2.75, 3.05) is 19.8 Å². The molecule has 0 spiro atoms. The number of esters is 1. The topological polar surface area (TPSA) is 95.7 Å². The molecule has 2 N–H and O–H groups in total. The summed E-state index contributed by atoms with van der Waals surface area (Å²) in [5.41, 5.74) is 0.0560. The average molecular weight is 320 g/mol. The van der Waals surface area contributed by atoms with E-state index in [9.17, 15) is 13.2 Å². The first-order valence-electron chi connectivity index (χ1n) is 5.94. The molecule has 0 radical (unpaired) electrons. The molecule has 0 saturated carbocycles. The van der Waals surface area contributed by atoms with Gasteiger partial charge in [0.15, 0.2) is 0 Å². The monoisotopic (exact) mass is 319 g/mol. The van der Waals surface area contributed by atoms with Crippen molar-refractivity contribution in [1.82, 2.24) is 0 Å². The first-order chi connectivity index (χ1) is 9.36. The van der Waals surface area contributed by atoms with E-state index in [0.717, 1.165) is 12.5 Å². The zero-order valence-corrected chi connectivity index (χ0v) is 12.1. The maximum absolute atomic E-state index is 11.9. The van der Waals surface area contributed by atoms with Crippen molar-refractivity contribution in [3.8, 4) is 0 Å². The van der Waals surface area contributed by atoms with Crippen LogP contribution < -0.4 is 5.14 Å². The second-order valence-corrected chi connectivity index (χ2v) is 6.55. The van der Waals surface area contributed by atoms with Gasteiger partial charge in [-0.05, 0) is 24.6 Å². The summed E-state index contributed by atoms with van der Waals surface area (Å²) < 4.78 is 32.8. The minimum absolute atomic E-state index is 0.0560. The highest BCUT2D eigenvalue weighted by molar-refractivity contribution is 7.89. The van der Waals surface area contributed by atoms with Gasteiger partial charge >= 0.3 is 5.97 Å². The second kappa shape index (κ2) is 6.09. The largest absolute Gasteiger partial charge is 0.462 e. The number of hydrogen-bond acceptors (Lipinski definition) is 5. The molecule has 1 aliphatic rings. The number of carbonyl (C=O) groups excluding carboxylic acids is 1. The standard InChI is InChI=1S/C12H14ClNO5S/c13-10-3-9(4-11(5-10)20(14,16)17)12(15)19-7-8-1-2-18-6-8/h3-5,8H,1-2,6-7H2,(H2,14,16,17). The third kappa shape index (κ3) is 3.92. The fourth-order valence-corrected chi connectivity index (χ4v) is 2.72. The van der Waals surface area contributed by atoms with E-state index in [-0.39, 0.29) is 28.0 Å². The molecule has 1 aromatic carbocycles. The van der Waals surface area contributed by atoms with E-state index in [1.165, 1.54) is 12.1 Å². The van der Waals surface area contributed by atoms with E-state index in [4.69, 9.17) is 26.2 Å². The molecule has 20 heavy (non-hydrogen) atoms. The van der Waals surface area contributed by atoms with Crippen molar-refractivity contribution in [3.63, 3.8) is 0 Å². The molecule has 2 rings (SSSR count). The van der Waals surface area contributed by atoms with Crippen LogP contribution in [0.1, 0.15) is 16.8 Å². The van der Waals surface area contributed by atoms with Gasteiger partial charge in [0.2, 0.25) is 10.0 Å². The molecule has 1 unspecified atom stereocenters. The summed E-state index contributed by atoms with van der Waals surface area (Å²) in [5, 5.41) is 5.12. The van der Waals surface area contributed by atoms with Gasteiger partial charge in [-0.1, -0.05) is 11.6 Å². The maximum atomic E-state index is 11.9. The first kappa shape index (κ1) is 15.2. The Labute approximate surface area is 121 Å². The Morgan fingerprint density at radius 2 is 2.20 bits per heavy atom.